The molecule has 0 aromatic heterocycles. The number of hydrogen-bond donors (Lipinski definition) is 2. The molecule has 0 spiro atoms. The van der Waals surface area contributed by atoms with Gasteiger partial charge in [-0.1, -0.05) is 12.1 Å². The lowest BCUT2D eigenvalue weighted by molar-refractivity contribution is 0.393. The average Bonchev–Trinajstić information content (AvgIpc) is 2.80. The number of anilines is 1. The first-order valence-corrected chi connectivity index (χ1v) is 10.8. The van der Waals surface area contributed by atoms with E-state index in [1.54, 1.807) is 27.2 Å². The minimum Gasteiger partial charge on any atom is -0.497 e. The van der Waals surface area contributed by atoms with Gasteiger partial charge in [-0.25, -0.2) is 9.38 Å². The van der Waals surface area contributed by atoms with Gasteiger partial charge in [-0.15, -0.1) is 24.0 Å². The summed E-state index contributed by atoms with van der Waals surface area (Å²) in [6.07, 6.45) is 2.00. The monoisotopic (exact) mass is 556 g/mol. The minimum absolute atomic E-state index is 0. The summed E-state index contributed by atoms with van der Waals surface area (Å²) in [5.74, 6) is 2.21. The molecule has 0 atom stereocenters. The number of halogens is 2. The van der Waals surface area contributed by atoms with Crippen LogP contribution < -0.4 is 25.0 Å². The van der Waals surface area contributed by atoms with E-state index in [1.807, 2.05) is 24.3 Å². The summed E-state index contributed by atoms with van der Waals surface area (Å²) in [6.45, 7) is 7.00. The number of nitrogens with one attached hydrogen (secondary N) is 2. The molecule has 0 aliphatic carbocycles. The largest absolute Gasteiger partial charge is 0.497 e. The standard InChI is InChI=1S/C24H33FN4O2.HI/c1-5-26-24(27-16-18-6-7-23(25)17(2)12-18)28-19-8-10-29(11-9-19)20-13-21(30-3)15-22(14-20)31-4;/h6-7,12-15,19H,5,8-11,16H2,1-4H3,(H2,26,27,28);1H. The third-order valence-corrected chi connectivity index (χ3v) is 5.52. The summed E-state index contributed by atoms with van der Waals surface area (Å²) in [6, 6.07) is 11.5. The minimum atomic E-state index is -0.182. The Kier molecular flexibility index (Phi) is 10.3. The number of nitrogens with zero attached hydrogens (tertiary/aromatic N) is 2. The number of benzene rings is 2. The van der Waals surface area contributed by atoms with Gasteiger partial charge in [-0.05, 0) is 43.9 Å². The van der Waals surface area contributed by atoms with Crippen molar-refractivity contribution in [1.82, 2.24) is 10.6 Å². The second-order valence-electron chi connectivity index (χ2n) is 7.76. The van der Waals surface area contributed by atoms with E-state index in [-0.39, 0.29) is 29.8 Å². The molecular formula is C24H34FIN4O2. The number of rotatable bonds is 7. The summed E-state index contributed by atoms with van der Waals surface area (Å²) in [5, 5.41) is 6.88. The van der Waals surface area contributed by atoms with Gasteiger partial charge in [0.15, 0.2) is 5.96 Å². The lowest BCUT2D eigenvalue weighted by atomic mass is 10.0. The fourth-order valence-corrected chi connectivity index (χ4v) is 3.75. The molecule has 2 aromatic carbocycles. The van der Waals surface area contributed by atoms with Gasteiger partial charge >= 0.3 is 0 Å². The summed E-state index contributed by atoms with van der Waals surface area (Å²) < 4.78 is 24.3. The number of methoxy groups -OCH3 is 2. The van der Waals surface area contributed by atoms with Gasteiger partial charge < -0.3 is 25.0 Å². The molecule has 2 aromatic rings. The molecule has 1 aliphatic heterocycles. The van der Waals surface area contributed by atoms with Crippen LogP contribution in [0.1, 0.15) is 30.9 Å². The van der Waals surface area contributed by atoms with Crippen LogP contribution in [0.25, 0.3) is 0 Å². The average molecular weight is 556 g/mol. The first kappa shape index (κ1) is 26.0. The molecule has 1 aliphatic rings. The molecule has 0 saturated carbocycles. The van der Waals surface area contributed by atoms with Gasteiger partial charge in [0.05, 0.1) is 20.8 Å². The van der Waals surface area contributed by atoms with Crippen molar-refractivity contribution in [2.24, 2.45) is 4.99 Å². The summed E-state index contributed by atoms with van der Waals surface area (Å²) >= 11 is 0. The molecule has 0 radical (unpaired) electrons. The Labute approximate surface area is 207 Å². The van der Waals surface area contributed by atoms with Gasteiger partial charge in [-0.2, -0.15) is 0 Å². The first-order valence-electron chi connectivity index (χ1n) is 10.8. The second kappa shape index (κ2) is 12.7. The number of hydrogen-bond acceptors (Lipinski definition) is 4. The molecule has 2 N–H and O–H groups in total. The number of aryl methyl sites for hydroxylation is 1. The van der Waals surface area contributed by atoms with E-state index in [4.69, 9.17) is 14.5 Å². The lowest BCUT2D eigenvalue weighted by Crippen LogP contribution is -2.48. The van der Waals surface area contributed by atoms with Gasteiger partial charge in [0, 0.05) is 49.6 Å². The Morgan fingerprint density at radius 3 is 2.31 bits per heavy atom. The van der Waals surface area contributed by atoms with Crippen molar-refractivity contribution in [3.8, 4) is 11.5 Å². The van der Waals surface area contributed by atoms with E-state index in [1.165, 1.54) is 6.07 Å². The predicted octanol–water partition coefficient (Wildman–Crippen LogP) is 4.49. The van der Waals surface area contributed by atoms with Crippen LogP contribution in [0.5, 0.6) is 11.5 Å². The fraction of sp³-hybridized carbons (Fsp3) is 0.458. The Morgan fingerprint density at radius 2 is 1.75 bits per heavy atom. The molecule has 8 heteroatoms. The highest BCUT2D eigenvalue weighted by Gasteiger charge is 2.21. The molecule has 3 rings (SSSR count). The predicted molar refractivity (Wildman–Crippen MR) is 139 cm³/mol. The molecule has 0 unspecified atom stereocenters. The number of piperidine rings is 1. The lowest BCUT2D eigenvalue weighted by Gasteiger charge is -2.34. The van der Waals surface area contributed by atoms with Crippen molar-refractivity contribution in [2.45, 2.75) is 39.3 Å². The van der Waals surface area contributed by atoms with E-state index in [0.29, 0.717) is 18.2 Å². The zero-order chi connectivity index (χ0) is 22.2. The fourth-order valence-electron chi connectivity index (χ4n) is 3.75. The third-order valence-electron chi connectivity index (χ3n) is 5.52. The summed E-state index contributed by atoms with van der Waals surface area (Å²) in [5.41, 5.74) is 2.76. The first-order chi connectivity index (χ1) is 15.0. The topological polar surface area (TPSA) is 58.1 Å². The van der Waals surface area contributed by atoms with Crippen molar-refractivity contribution < 1.29 is 13.9 Å². The molecular weight excluding hydrogens is 522 g/mol. The van der Waals surface area contributed by atoms with Crippen LogP contribution in [0.4, 0.5) is 10.1 Å². The smallest absolute Gasteiger partial charge is 0.191 e. The van der Waals surface area contributed by atoms with E-state index < -0.39 is 0 Å². The van der Waals surface area contributed by atoms with Crippen LogP contribution in [-0.4, -0.2) is 45.9 Å². The normalized spacial score (nSPS) is 14.5. The summed E-state index contributed by atoms with van der Waals surface area (Å²) in [4.78, 5) is 7.05. The maximum Gasteiger partial charge on any atom is 0.191 e. The highest BCUT2D eigenvalue weighted by atomic mass is 127. The number of aliphatic imine (C=N–C) groups is 1. The molecule has 1 saturated heterocycles. The molecule has 0 amide bonds. The summed E-state index contributed by atoms with van der Waals surface area (Å²) in [7, 11) is 3.34. The molecule has 1 fully saturated rings. The second-order valence-corrected chi connectivity index (χ2v) is 7.76. The Bertz CT molecular complexity index is 879. The van der Waals surface area contributed by atoms with Gasteiger partial charge in [-0.3, -0.25) is 0 Å². The molecule has 32 heavy (non-hydrogen) atoms. The maximum absolute atomic E-state index is 13.5. The molecule has 1 heterocycles. The Balaban J connectivity index is 0.00000363. The van der Waals surface area contributed by atoms with Crippen LogP contribution >= 0.6 is 24.0 Å². The van der Waals surface area contributed by atoms with Gasteiger partial charge in [0.2, 0.25) is 0 Å². The van der Waals surface area contributed by atoms with Crippen molar-refractivity contribution in [3.05, 3.63) is 53.3 Å². The molecule has 6 nitrogen and oxygen atoms in total. The Morgan fingerprint density at radius 1 is 1.09 bits per heavy atom. The van der Waals surface area contributed by atoms with Crippen LogP contribution in [0.15, 0.2) is 41.4 Å². The zero-order valence-electron chi connectivity index (χ0n) is 19.3. The van der Waals surface area contributed by atoms with E-state index in [9.17, 15) is 4.39 Å². The zero-order valence-corrected chi connectivity index (χ0v) is 21.6. The molecule has 0 bridgehead atoms. The van der Waals surface area contributed by atoms with E-state index in [2.05, 4.69) is 22.5 Å². The third kappa shape index (κ3) is 7.15. The van der Waals surface area contributed by atoms with Crippen molar-refractivity contribution >= 4 is 35.6 Å². The SMILES string of the molecule is CCNC(=NCc1ccc(F)c(C)c1)NC1CCN(c2cc(OC)cc(OC)c2)CC1.I. The quantitative estimate of drug-likeness (QED) is 0.299. The van der Waals surface area contributed by atoms with Crippen molar-refractivity contribution in [3.63, 3.8) is 0 Å². The van der Waals surface area contributed by atoms with Crippen LogP contribution in [0.3, 0.4) is 0 Å². The van der Waals surface area contributed by atoms with E-state index >= 15 is 0 Å². The molecule has 176 valence electrons. The van der Waals surface area contributed by atoms with Gasteiger partial charge in [0.25, 0.3) is 0 Å². The number of guanidine groups is 1. The maximum atomic E-state index is 13.5. The van der Waals surface area contributed by atoms with Crippen LogP contribution in [0.2, 0.25) is 0 Å². The Hall–Kier alpha value is -2.23. The van der Waals surface area contributed by atoms with Crippen LogP contribution in [-0.2, 0) is 6.54 Å². The highest BCUT2D eigenvalue weighted by Crippen LogP contribution is 2.30. The van der Waals surface area contributed by atoms with Crippen molar-refractivity contribution in [1.29, 1.82) is 0 Å². The number of ether oxygens (including phenoxy) is 2. The van der Waals surface area contributed by atoms with E-state index in [0.717, 1.165) is 61.2 Å². The van der Waals surface area contributed by atoms with Crippen molar-refractivity contribution in [2.75, 3.05) is 38.8 Å². The highest BCUT2D eigenvalue weighted by molar-refractivity contribution is 14.0. The van der Waals surface area contributed by atoms with Gasteiger partial charge in [0.1, 0.15) is 17.3 Å². The van der Waals surface area contributed by atoms with Crippen LogP contribution in [0, 0.1) is 12.7 Å².